The van der Waals surface area contributed by atoms with Crippen LogP contribution in [0.2, 0.25) is 36.3 Å². The molecule has 0 radical (unpaired) electrons. The summed E-state index contributed by atoms with van der Waals surface area (Å²) < 4.78 is 14.0. The van der Waals surface area contributed by atoms with Crippen molar-refractivity contribution in [1.82, 2.24) is 0 Å². The summed E-state index contributed by atoms with van der Waals surface area (Å²) in [4.78, 5) is 55.0. The summed E-state index contributed by atoms with van der Waals surface area (Å²) in [6, 6.07) is 7.87. The van der Waals surface area contributed by atoms with E-state index in [1.54, 1.807) is 12.1 Å². The van der Waals surface area contributed by atoms with E-state index in [0.717, 1.165) is 44.5 Å². The molecule has 0 atom stereocenters. The highest BCUT2D eigenvalue weighted by atomic mass is 28.4. The van der Waals surface area contributed by atoms with Gasteiger partial charge in [0, 0.05) is 44.5 Å². The Labute approximate surface area is 297 Å². The maximum atomic E-state index is 13.9. The van der Waals surface area contributed by atoms with Crippen LogP contribution in [0.3, 0.4) is 0 Å². The van der Waals surface area contributed by atoms with Crippen LogP contribution in [0.1, 0.15) is 105 Å². The molecule has 4 aliphatic rings. The maximum Gasteiger partial charge on any atom is 0.250 e. The summed E-state index contributed by atoms with van der Waals surface area (Å²) in [7, 11) is -4.73. The van der Waals surface area contributed by atoms with Crippen LogP contribution >= 0.6 is 0 Å². The fraction of sp³-hybridized carbons (Fsp3) is 0.381. The Morgan fingerprint density at radius 3 is 1.16 bits per heavy atom. The third kappa shape index (κ3) is 5.17. The Kier molecular flexibility index (Phi) is 7.67. The summed E-state index contributed by atoms with van der Waals surface area (Å²) >= 11 is 0. The van der Waals surface area contributed by atoms with Gasteiger partial charge in [0.05, 0.1) is 0 Å². The first-order valence-electron chi connectivity index (χ1n) is 17.7. The number of ketones is 4. The van der Waals surface area contributed by atoms with E-state index in [1.807, 2.05) is 0 Å². The van der Waals surface area contributed by atoms with Gasteiger partial charge < -0.3 is 8.85 Å². The van der Waals surface area contributed by atoms with Gasteiger partial charge in [-0.3, -0.25) is 19.2 Å². The predicted molar refractivity (Wildman–Crippen MR) is 203 cm³/mol. The zero-order chi connectivity index (χ0) is 36.3. The van der Waals surface area contributed by atoms with Gasteiger partial charge in [0.2, 0.25) is 16.6 Å². The van der Waals surface area contributed by atoms with Crippen molar-refractivity contribution < 1.29 is 28.0 Å². The van der Waals surface area contributed by atoms with Gasteiger partial charge in [-0.15, -0.1) is 0 Å². The van der Waals surface area contributed by atoms with Crippen molar-refractivity contribution in [1.29, 1.82) is 0 Å². The molecule has 4 aliphatic carbocycles. The predicted octanol–water partition coefficient (Wildman–Crippen LogP) is 9.86. The largest absolute Gasteiger partial charge is 0.543 e. The Balaban J connectivity index is 1.59. The van der Waals surface area contributed by atoms with Crippen molar-refractivity contribution >= 4 is 39.8 Å². The molecule has 50 heavy (non-hydrogen) atoms. The first-order chi connectivity index (χ1) is 23.2. The number of hydrogen-bond donors (Lipinski definition) is 0. The fourth-order valence-electron chi connectivity index (χ4n) is 7.23. The van der Waals surface area contributed by atoms with Crippen LogP contribution in [0, 0.1) is 0 Å². The molecule has 3 aromatic carbocycles. The van der Waals surface area contributed by atoms with Crippen LogP contribution in [0.15, 0.2) is 48.6 Å². The molecule has 0 unspecified atom stereocenters. The van der Waals surface area contributed by atoms with Crippen LogP contribution in [0.5, 0.6) is 11.5 Å². The molecule has 0 aromatic heterocycles. The van der Waals surface area contributed by atoms with Crippen molar-refractivity contribution in [2.45, 2.75) is 103 Å². The van der Waals surface area contributed by atoms with Crippen LogP contribution in [0.25, 0.3) is 22.3 Å². The zero-order valence-electron chi connectivity index (χ0n) is 30.9. The Morgan fingerprint density at radius 1 is 0.480 bits per heavy atom. The van der Waals surface area contributed by atoms with E-state index >= 15 is 0 Å². The van der Waals surface area contributed by atoms with Crippen molar-refractivity contribution in [3.05, 3.63) is 93.1 Å². The van der Waals surface area contributed by atoms with Crippen molar-refractivity contribution in [2.24, 2.45) is 0 Å². The second-order valence-corrected chi connectivity index (χ2v) is 26.7. The molecule has 0 spiro atoms. The van der Waals surface area contributed by atoms with Gasteiger partial charge >= 0.3 is 0 Å². The highest BCUT2D eigenvalue weighted by Crippen LogP contribution is 2.54. The zero-order valence-corrected chi connectivity index (χ0v) is 32.9. The topological polar surface area (TPSA) is 86.7 Å². The molecule has 258 valence electrons. The van der Waals surface area contributed by atoms with E-state index in [-0.39, 0.29) is 33.2 Å². The second-order valence-electron chi connectivity index (χ2n) is 17.3. The smallest absolute Gasteiger partial charge is 0.250 e. The average molecular weight is 703 g/mol. The monoisotopic (exact) mass is 702 g/mol. The minimum Gasteiger partial charge on any atom is -0.543 e. The van der Waals surface area contributed by atoms with E-state index in [9.17, 15) is 19.2 Å². The average Bonchev–Trinajstić information content (AvgIpc) is 3.02. The lowest BCUT2D eigenvalue weighted by Gasteiger charge is -2.39. The first kappa shape index (κ1) is 34.3. The number of aryl methyl sites for hydroxylation is 2. The van der Waals surface area contributed by atoms with Crippen LogP contribution in [-0.4, -0.2) is 39.8 Å². The molecule has 7 rings (SSSR count). The molecule has 0 heterocycles. The SMILES string of the molecule is CC(C)(C)[Si](C)(C)Oc1cc2c(c3c1CCc1ccc4c(c1-3)-c1c(c(O[Si](C)(C)C(C)(C)C)cc3c1C(=O)C=CC3=O)CC4)C(=O)C=CC2=O. The van der Waals surface area contributed by atoms with Gasteiger partial charge in [-0.2, -0.15) is 0 Å². The van der Waals surface area contributed by atoms with Gasteiger partial charge in [-0.05, 0) is 121 Å². The van der Waals surface area contributed by atoms with Crippen molar-refractivity contribution in [3.8, 4) is 33.8 Å². The van der Waals surface area contributed by atoms with Gasteiger partial charge in [0.25, 0.3) is 0 Å². The highest BCUT2D eigenvalue weighted by molar-refractivity contribution is 6.75. The summed E-state index contributed by atoms with van der Waals surface area (Å²) in [6.07, 6.45) is 8.13. The van der Waals surface area contributed by atoms with Crippen LogP contribution < -0.4 is 8.85 Å². The molecule has 0 fully saturated rings. The van der Waals surface area contributed by atoms with E-state index in [0.29, 0.717) is 59.4 Å². The Hall–Kier alpha value is -4.15. The molecular weight excluding hydrogens is 657 g/mol. The molecule has 0 N–H and O–H groups in total. The number of carbonyl (C=O) groups excluding carboxylic acids is 4. The van der Waals surface area contributed by atoms with E-state index in [2.05, 4.69) is 79.9 Å². The third-order valence-electron chi connectivity index (χ3n) is 12.1. The fourth-order valence-corrected chi connectivity index (χ4v) is 9.31. The molecule has 3 aromatic rings. The highest BCUT2D eigenvalue weighted by Gasteiger charge is 2.44. The van der Waals surface area contributed by atoms with Crippen LogP contribution in [0.4, 0.5) is 0 Å². The lowest BCUT2D eigenvalue weighted by Crippen LogP contribution is -2.44. The number of fused-ring (bicyclic) bond motifs is 11. The number of allylic oxidation sites excluding steroid dienone is 4. The second kappa shape index (κ2) is 11.2. The standard InChI is InChI=1S/C42H46O6Si2/c1-41(2,3)49(7,8)47-33-21-27-29(43)17-19-31(45)37(27)39-25(33)15-13-23-11-12-24-14-16-26-34(48-50(9,10)42(4,5)6)22-28-30(44)18-20-32(46)38(28)40(26)36(24)35(23)39/h11-12,17-22H,13-16H2,1-10H3. The summed E-state index contributed by atoms with van der Waals surface area (Å²) in [5.74, 6) is 0.422. The van der Waals surface area contributed by atoms with Gasteiger partial charge in [0.1, 0.15) is 11.5 Å². The van der Waals surface area contributed by atoms with Gasteiger partial charge in [-0.1, -0.05) is 53.7 Å². The third-order valence-corrected chi connectivity index (χ3v) is 20.8. The molecule has 0 saturated heterocycles. The number of benzene rings is 3. The van der Waals surface area contributed by atoms with E-state index in [4.69, 9.17) is 8.85 Å². The molecule has 0 saturated carbocycles. The summed E-state index contributed by atoms with van der Waals surface area (Å²) in [5.41, 5.74) is 8.56. The van der Waals surface area contributed by atoms with E-state index in [1.165, 1.54) is 24.3 Å². The van der Waals surface area contributed by atoms with Crippen molar-refractivity contribution in [2.75, 3.05) is 0 Å². The van der Waals surface area contributed by atoms with Gasteiger partial charge in [-0.25, -0.2) is 0 Å². The minimum atomic E-state index is -2.37. The van der Waals surface area contributed by atoms with Gasteiger partial charge in [0.15, 0.2) is 23.1 Å². The molecular formula is C42H46O6Si2. The summed E-state index contributed by atoms with van der Waals surface area (Å²) in [5, 5.41) is -0.194. The minimum absolute atomic E-state index is 0.0970. The summed E-state index contributed by atoms with van der Waals surface area (Å²) in [6.45, 7) is 21.9. The molecule has 0 amide bonds. The molecule has 0 aliphatic heterocycles. The molecule has 6 nitrogen and oxygen atoms in total. The first-order valence-corrected chi connectivity index (χ1v) is 23.5. The maximum absolute atomic E-state index is 13.9. The Bertz CT molecular complexity index is 2000. The lowest BCUT2D eigenvalue weighted by molar-refractivity contribution is 0.0994. The number of hydrogen-bond acceptors (Lipinski definition) is 6. The van der Waals surface area contributed by atoms with E-state index < -0.39 is 16.6 Å². The van der Waals surface area contributed by atoms with Crippen LogP contribution in [-0.2, 0) is 25.7 Å². The number of carbonyl (C=O) groups is 4. The molecule has 0 bridgehead atoms. The number of rotatable bonds is 4. The quantitative estimate of drug-likeness (QED) is 0.252. The molecule has 8 heteroatoms. The van der Waals surface area contributed by atoms with Crippen molar-refractivity contribution in [3.63, 3.8) is 0 Å². The normalized spacial score (nSPS) is 16.7. The lowest BCUT2D eigenvalue weighted by atomic mass is 9.70. The Morgan fingerprint density at radius 2 is 0.820 bits per heavy atom.